The number of carboxylic acid groups (broad SMARTS) is 1. The quantitative estimate of drug-likeness (QED) is 0.234. The predicted molar refractivity (Wildman–Crippen MR) is 126 cm³/mol. The summed E-state index contributed by atoms with van der Waals surface area (Å²) in [7, 11) is 0. The Morgan fingerprint density at radius 2 is 1.62 bits per heavy atom. The summed E-state index contributed by atoms with van der Waals surface area (Å²) in [6.07, 6.45) is 6.20. The molecule has 0 aliphatic rings. The van der Waals surface area contributed by atoms with E-state index in [0.717, 1.165) is 25.7 Å². The first-order chi connectivity index (χ1) is 14.9. The summed E-state index contributed by atoms with van der Waals surface area (Å²) in [4.78, 5) is 46.6. The predicted octanol–water partition coefficient (Wildman–Crippen LogP) is 3.17. The largest absolute Gasteiger partial charge is 0.480 e. The number of nitrogens with one attached hydrogen (secondary N) is 2. The van der Waals surface area contributed by atoms with Crippen molar-refractivity contribution in [2.24, 2.45) is 17.1 Å². The van der Waals surface area contributed by atoms with E-state index in [1.54, 1.807) is 0 Å². The summed E-state index contributed by atoms with van der Waals surface area (Å²) in [5.41, 5.74) is 5.95. The number of unbranched alkanes of at least 4 members (excludes halogenated alkanes) is 1. The average Bonchev–Trinajstić information content (AvgIpc) is 2.69. The lowest BCUT2D eigenvalue weighted by molar-refractivity contribution is -0.142. The first kappa shape index (κ1) is 30.0. The maximum absolute atomic E-state index is 12.2. The van der Waals surface area contributed by atoms with Gasteiger partial charge in [-0.05, 0) is 56.8 Å². The summed E-state index contributed by atoms with van der Waals surface area (Å²) in [5.74, 6) is -1.22. The Morgan fingerprint density at radius 1 is 0.969 bits per heavy atom. The Bertz CT molecular complexity index is 606. The lowest BCUT2D eigenvalue weighted by Crippen LogP contribution is -2.41. The Kier molecular flexibility index (Phi) is 14.8. The van der Waals surface area contributed by atoms with Crippen LogP contribution in [0.15, 0.2) is 0 Å². The zero-order valence-electron chi connectivity index (χ0n) is 20.7. The lowest BCUT2D eigenvalue weighted by Gasteiger charge is -2.26. The van der Waals surface area contributed by atoms with Gasteiger partial charge in [-0.3, -0.25) is 14.4 Å². The van der Waals surface area contributed by atoms with Gasteiger partial charge in [0.1, 0.15) is 11.8 Å². The highest BCUT2D eigenvalue weighted by molar-refractivity contribution is 5.84. The van der Waals surface area contributed by atoms with Gasteiger partial charge < -0.3 is 21.5 Å². The van der Waals surface area contributed by atoms with Crippen LogP contribution in [-0.4, -0.2) is 47.3 Å². The molecule has 0 bridgehead atoms. The molecule has 5 N–H and O–H groups in total. The average molecular weight is 456 g/mol. The number of aliphatic carboxylic acids is 1. The number of hydrogen-bond acceptors (Lipinski definition) is 5. The molecule has 0 saturated carbocycles. The Hall–Kier alpha value is -1.96. The highest BCUT2D eigenvalue weighted by Crippen LogP contribution is 2.30. The van der Waals surface area contributed by atoms with Gasteiger partial charge in [0.2, 0.25) is 11.8 Å². The normalized spacial score (nSPS) is 14.3. The molecule has 8 nitrogen and oxygen atoms in total. The number of ketones is 1. The molecule has 0 aromatic rings. The molecule has 2 amide bonds. The molecule has 0 saturated heterocycles. The molecule has 0 radical (unpaired) electrons. The molecule has 0 aliphatic carbocycles. The maximum Gasteiger partial charge on any atom is 0.326 e. The van der Waals surface area contributed by atoms with Crippen molar-refractivity contribution in [3.63, 3.8) is 0 Å². The molecule has 32 heavy (non-hydrogen) atoms. The summed E-state index contributed by atoms with van der Waals surface area (Å²) in [5, 5.41) is 14.6. The molecule has 186 valence electrons. The van der Waals surface area contributed by atoms with Crippen molar-refractivity contribution < 1.29 is 24.3 Å². The first-order valence-electron chi connectivity index (χ1n) is 11.9. The second-order valence-corrected chi connectivity index (χ2v) is 9.78. The Labute approximate surface area is 193 Å². The van der Waals surface area contributed by atoms with Crippen LogP contribution in [0.1, 0.15) is 98.8 Å². The monoisotopic (exact) mass is 455 g/mol. The van der Waals surface area contributed by atoms with E-state index >= 15 is 0 Å². The van der Waals surface area contributed by atoms with Gasteiger partial charge in [-0.2, -0.15) is 0 Å². The molecule has 0 aromatic heterocycles. The van der Waals surface area contributed by atoms with Gasteiger partial charge in [-0.1, -0.05) is 40.5 Å². The standard InChI is InChI=1S/C24H45N3O5/c1-6-24(4,5)16-17(2)10-9-12-22(30)27-20(23(31)32)13-14-21(29)26-15-8-7-11-19(25)18(3)28/h17,19-20H,6-16,25H2,1-5H3,(H,26,29)(H,27,30)(H,31,32)/t17?,19-,20-/m0/s1. The van der Waals surface area contributed by atoms with Gasteiger partial charge in [0.15, 0.2) is 0 Å². The van der Waals surface area contributed by atoms with Crippen LogP contribution in [-0.2, 0) is 19.2 Å². The lowest BCUT2D eigenvalue weighted by atomic mass is 9.80. The molecule has 0 heterocycles. The number of carbonyl (C=O) groups is 4. The first-order valence-corrected chi connectivity index (χ1v) is 11.9. The van der Waals surface area contributed by atoms with Crippen molar-refractivity contribution in [3.05, 3.63) is 0 Å². The van der Waals surface area contributed by atoms with Crippen molar-refractivity contribution in [1.82, 2.24) is 10.6 Å². The van der Waals surface area contributed by atoms with Crippen LogP contribution in [0, 0.1) is 11.3 Å². The number of hydrogen-bond donors (Lipinski definition) is 4. The minimum atomic E-state index is -1.14. The molecular formula is C24H45N3O5. The molecule has 0 aromatic carbocycles. The van der Waals surface area contributed by atoms with Crippen molar-refractivity contribution in [2.75, 3.05) is 6.54 Å². The van der Waals surface area contributed by atoms with Crippen molar-refractivity contribution in [2.45, 2.75) is 111 Å². The molecule has 0 fully saturated rings. The van der Waals surface area contributed by atoms with E-state index in [2.05, 4.69) is 38.3 Å². The van der Waals surface area contributed by atoms with Crippen LogP contribution >= 0.6 is 0 Å². The van der Waals surface area contributed by atoms with Gasteiger partial charge >= 0.3 is 5.97 Å². The number of Topliss-reactive ketones (excluding diaryl/α,β-unsaturated/α-hetero) is 1. The number of nitrogens with two attached hydrogens (primary N) is 1. The summed E-state index contributed by atoms with van der Waals surface area (Å²) in [6, 6.07) is -1.53. The van der Waals surface area contributed by atoms with Crippen molar-refractivity contribution in [3.8, 4) is 0 Å². The van der Waals surface area contributed by atoms with Crippen molar-refractivity contribution in [1.29, 1.82) is 0 Å². The molecule has 0 rings (SSSR count). The van der Waals surface area contributed by atoms with E-state index in [4.69, 9.17) is 5.73 Å². The second kappa shape index (κ2) is 15.8. The maximum atomic E-state index is 12.2. The fraction of sp³-hybridized carbons (Fsp3) is 0.833. The van der Waals surface area contributed by atoms with E-state index in [0.29, 0.717) is 31.7 Å². The zero-order chi connectivity index (χ0) is 24.7. The molecule has 8 heteroatoms. The van der Waals surface area contributed by atoms with E-state index in [-0.39, 0.29) is 42.3 Å². The van der Waals surface area contributed by atoms with E-state index < -0.39 is 18.1 Å². The third kappa shape index (κ3) is 14.9. The number of rotatable bonds is 18. The summed E-state index contributed by atoms with van der Waals surface area (Å²) in [6.45, 7) is 10.8. The minimum absolute atomic E-state index is 0.0212. The van der Waals surface area contributed by atoms with Crippen molar-refractivity contribution >= 4 is 23.6 Å². The zero-order valence-corrected chi connectivity index (χ0v) is 20.7. The highest BCUT2D eigenvalue weighted by atomic mass is 16.4. The van der Waals surface area contributed by atoms with Gasteiger partial charge in [0, 0.05) is 19.4 Å². The van der Waals surface area contributed by atoms with Crippen LogP contribution in [0.4, 0.5) is 0 Å². The second-order valence-electron chi connectivity index (χ2n) is 9.78. The topological polar surface area (TPSA) is 139 Å². The van der Waals surface area contributed by atoms with Gasteiger partial charge in [-0.15, -0.1) is 0 Å². The van der Waals surface area contributed by atoms with Crippen LogP contribution in [0.3, 0.4) is 0 Å². The third-order valence-corrected chi connectivity index (χ3v) is 6.04. The minimum Gasteiger partial charge on any atom is -0.480 e. The van der Waals surface area contributed by atoms with Crippen LogP contribution in [0.25, 0.3) is 0 Å². The molecule has 3 atom stereocenters. The summed E-state index contributed by atoms with van der Waals surface area (Å²) >= 11 is 0. The molecule has 1 unspecified atom stereocenters. The van der Waals surface area contributed by atoms with Crippen LogP contribution in [0.5, 0.6) is 0 Å². The number of carboxylic acids is 1. The smallest absolute Gasteiger partial charge is 0.326 e. The van der Waals surface area contributed by atoms with Gasteiger partial charge in [-0.25, -0.2) is 4.79 Å². The Balaban J connectivity index is 4.15. The number of carbonyl (C=O) groups excluding carboxylic acids is 3. The van der Waals surface area contributed by atoms with Crippen LogP contribution in [0.2, 0.25) is 0 Å². The highest BCUT2D eigenvalue weighted by Gasteiger charge is 2.22. The van der Waals surface area contributed by atoms with Gasteiger partial charge in [0.25, 0.3) is 0 Å². The number of amides is 2. The molecular weight excluding hydrogens is 410 g/mol. The third-order valence-electron chi connectivity index (χ3n) is 6.04. The molecule has 0 aliphatic heterocycles. The van der Waals surface area contributed by atoms with Crippen LogP contribution < -0.4 is 16.4 Å². The SMILES string of the molecule is CCC(C)(C)CC(C)CCCC(=O)N[C@@H](CCC(=O)NCCCC[C@H](N)C(C)=O)C(=O)O. The molecule has 0 spiro atoms. The summed E-state index contributed by atoms with van der Waals surface area (Å²) < 4.78 is 0. The van der Waals surface area contributed by atoms with Gasteiger partial charge in [0.05, 0.1) is 6.04 Å². The van der Waals surface area contributed by atoms with E-state index in [1.165, 1.54) is 6.92 Å². The fourth-order valence-corrected chi connectivity index (χ4v) is 3.61. The van der Waals surface area contributed by atoms with E-state index in [1.807, 2.05) is 0 Å². The Morgan fingerprint density at radius 3 is 2.19 bits per heavy atom. The fourth-order valence-electron chi connectivity index (χ4n) is 3.61. The van der Waals surface area contributed by atoms with E-state index in [9.17, 15) is 24.3 Å².